The summed E-state index contributed by atoms with van der Waals surface area (Å²) in [4.78, 5) is 28.5. The second-order valence-corrected chi connectivity index (χ2v) is 6.50. The summed E-state index contributed by atoms with van der Waals surface area (Å²) in [5, 5.41) is 3.52. The molecule has 0 saturated heterocycles. The first-order valence-electron chi connectivity index (χ1n) is 7.60. The van der Waals surface area contributed by atoms with Gasteiger partial charge in [-0.3, -0.25) is 14.2 Å². The van der Waals surface area contributed by atoms with Gasteiger partial charge in [-0.25, -0.2) is 4.98 Å². The Hall–Kier alpha value is -2.48. The number of nitrogens with one attached hydrogen (secondary N) is 1. The number of carbonyl (C=O) groups excluding carboxylic acids is 1. The molecule has 1 amide bonds. The molecule has 1 unspecified atom stereocenters. The first-order chi connectivity index (χ1) is 11.7. The highest BCUT2D eigenvalue weighted by Gasteiger charge is 2.26. The van der Waals surface area contributed by atoms with E-state index >= 15 is 0 Å². The molecule has 1 aromatic heterocycles. The SMILES string of the molecule is O=C(CC1CSc2nccc(=O)n21)Nc1ccc2c(c1)OCCO2. The molecule has 0 radical (unpaired) electrons. The number of hydrogen-bond acceptors (Lipinski definition) is 6. The standard InChI is InChI=1S/C16H15N3O4S/c20-14(8-11-9-24-16-17-4-3-15(21)19(11)16)18-10-1-2-12-13(7-10)23-6-5-22-12/h1-4,7,11H,5-6,8-9H2,(H,18,20). The molecule has 24 heavy (non-hydrogen) atoms. The Morgan fingerprint density at radius 2 is 2.12 bits per heavy atom. The van der Waals surface area contributed by atoms with Crippen molar-refractivity contribution in [2.75, 3.05) is 24.3 Å². The van der Waals surface area contributed by atoms with Crippen molar-refractivity contribution in [1.29, 1.82) is 0 Å². The van der Waals surface area contributed by atoms with Crippen molar-refractivity contribution >= 4 is 23.4 Å². The van der Waals surface area contributed by atoms with Gasteiger partial charge in [-0.2, -0.15) is 0 Å². The Morgan fingerprint density at radius 1 is 1.29 bits per heavy atom. The van der Waals surface area contributed by atoms with Crippen LogP contribution in [0.5, 0.6) is 11.5 Å². The number of aromatic nitrogens is 2. The van der Waals surface area contributed by atoms with Crippen LogP contribution in [0.1, 0.15) is 12.5 Å². The summed E-state index contributed by atoms with van der Waals surface area (Å²) in [5.74, 6) is 1.82. The molecule has 1 atom stereocenters. The van der Waals surface area contributed by atoms with E-state index in [0.29, 0.717) is 41.3 Å². The van der Waals surface area contributed by atoms with Crippen molar-refractivity contribution < 1.29 is 14.3 Å². The highest BCUT2D eigenvalue weighted by Crippen LogP contribution is 2.34. The fourth-order valence-electron chi connectivity index (χ4n) is 2.79. The quantitative estimate of drug-likeness (QED) is 0.853. The molecule has 2 aliphatic rings. The lowest BCUT2D eigenvalue weighted by atomic mass is 10.2. The minimum Gasteiger partial charge on any atom is -0.486 e. The van der Waals surface area contributed by atoms with E-state index < -0.39 is 0 Å². The summed E-state index contributed by atoms with van der Waals surface area (Å²) in [6, 6.07) is 6.54. The number of ether oxygens (including phenoxy) is 2. The maximum Gasteiger partial charge on any atom is 0.254 e. The predicted octanol–water partition coefficient (Wildman–Crippen LogP) is 1.69. The largest absolute Gasteiger partial charge is 0.486 e. The molecule has 4 rings (SSSR count). The van der Waals surface area contributed by atoms with Crippen LogP contribution in [0.15, 0.2) is 40.4 Å². The summed E-state index contributed by atoms with van der Waals surface area (Å²) in [6.45, 7) is 1.02. The van der Waals surface area contributed by atoms with E-state index in [0.717, 1.165) is 0 Å². The molecule has 1 N–H and O–H groups in total. The van der Waals surface area contributed by atoms with Gasteiger partial charge in [0.15, 0.2) is 16.7 Å². The van der Waals surface area contributed by atoms with Crippen molar-refractivity contribution in [2.24, 2.45) is 0 Å². The van der Waals surface area contributed by atoms with Crippen LogP contribution in [-0.2, 0) is 4.79 Å². The molecule has 8 heteroatoms. The average molecular weight is 345 g/mol. The third kappa shape index (κ3) is 2.84. The maximum absolute atomic E-state index is 12.3. The van der Waals surface area contributed by atoms with E-state index in [1.807, 2.05) is 0 Å². The highest BCUT2D eigenvalue weighted by atomic mass is 32.2. The Morgan fingerprint density at radius 3 is 3.00 bits per heavy atom. The number of anilines is 1. The number of amides is 1. The van der Waals surface area contributed by atoms with Crippen LogP contribution in [0.4, 0.5) is 5.69 Å². The van der Waals surface area contributed by atoms with Crippen LogP contribution in [0.25, 0.3) is 0 Å². The first kappa shape index (κ1) is 15.1. The van der Waals surface area contributed by atoms with Gasteiger partial charge in [0.2, 0.25) is 5.91 Å². The number of hydrogen-bond donors (Lipinski definition) is 1. The molecule has 2 aromatic rings. The lowest BCUT2D eigenvalue weighted by Gasteiger charge is -2.19. The monoisotopic (exact) mass is 345 g/mol. The number of benzene rings is 1. The van der Waals surface area contributed by atoms with Crippen LogP contribution in [0.2, 0.25) is 0 Å². The van der Waals surface area contributed by atoms with E-state index in [2.05, 4.69) is 10.3 Å². The van der Waals surface area contributed by atoms with Crippen molar-refractivity contribution in [2.45, 2.75) is 17.6 Å². The summed E-state index contributed by atoms with van der Waals surface area (Å²) < 4.78 is 12.6. The van der Waals surface area contributed by atoms with Crippen molar-refractivity contribution in [3.63, 3.8) is 0 Å². The predicted molar refractivity (Wildman–Crippen MR) is 88.9 cm³/mol. The van der Waals surface area contributed by atoms with Gasteiger partial charge in [-0.15, -0.1) is 0 Å². The fourth-order valence-corrected chi connectivity index (χ4v) is 3.91. The number of rotatable bonds is 3. The normalized spacial score (nSPS) is 18.1. The maximum atomic E-state index is 12.3. The Kier molecular flexibility index (Phi) is 3.89. The summed E-state index contributed by atoms with van der Waals surface area (Å²) in [7, 11) is 0. The van der Waals surface area contributed by atoms with Gasteiger partial charge in [-0.1, -0.05) is 11.8 Å². The Labute approximate surface area is 142 Å². The summed E-state index contributed by atoms with van der Waals surface area (Å²) in [5.41, 5.74) is 0.524. The van der Waals surface area contributed by atoms with E-state index in [9.17, 15) is 9.59 Å². The topological polar surface area (TPSA) is 82.5 Å². The second kappa shape index (κ2) is 6.20. The van der Waals surface area contributed by atoms with Gasteiger partial charge in [0.05, 0.1) is 6.04 Å². The number of thioether (sulfide) groups is 1. The van der Waals surface area contributed by atoms with Gasteiger partial charge in [-0.05, 0) is 12.1 Å². The third-order valence-corrected chi connectivity index (χ3v) is 4.97. The lowest BCUT2D eigenvalue weighted by molar-refractivity contribution is -0.116. The Balaban J connectivity index is 1.46. The minimum absolute atomic E-state index is 0.123. The van der Waals surface area contributed by atoms with Crippen molar-refractivity contribution in [1.82, 2.24) is 9.55 Å². The van der Waals surface area contributed by atoms with E-state index in [1.54, 1.807) is 22.8 Å². The molecule has 0 aliphatic carbocycles. The molecule has 124 valence electrons. The minimum atomic E-state index is -0.177. The highest BCUT2D eigenvalue weighted by molar-refractivity contribution is 7.99. The molecule has 0 saturated carbocycles. The molecule has 1 aromatic carbocycles. The van der Waals surface area contributed by atoms with Gasteiger partial charge in [0.25, 0.3) is 5.56 Å². The molecule has 0 spiro atoms. The van der Waals surface area contributed by atoms with Crippen molar-refractivity contribution in [3.05, 3.63) is 40.8 Å². The summed E-state index contributed by atoms with van der Waals surface area (Å²) >= 11 is 1.49. The molecular weight excluding hydrogens is 330 g/mol. The smallest absolute Gasteiger partial charge is 0.254 e. The lowest BCUT2D eigenvalue weighted by Crippen LogP contribution is -2.26. The molecular formula is C16H15N3O4S. The van der Waals surface area contributed by atoms with Gasteiger partial charge in [0.1, 0.15) is 13.2 Å². The van der Waals surface area contributed by atoms with Crippen LogP contribution >= 0.6 is 11.8 Å². The fraction of sp³-hybridized carbons (Fsp3) is 0.312. The second-order valence-electron chi connectivity index (χ2n) is 5.51. The molecule has 2 aliphatic heterocycles. The van der Waals surface area contributed by atoms with Gasteiger partial charge in [0, 0.05) is 36.2 Å². The van der Waals surface area contributed by atoms with Crippen molar-refractivity contribution in [3.8, 4) is 11.5 Å². The zero-order valence-electron chi connectivity index (χ0n) is 12.7. The average Bonchev–Trinajstić information content (AvgIpc) is 2.99. The molecule has 0 fully saturated rings. The van der Waals surface area contributed by atoms with Crippen LogP contribution < -0.4 is 20.3 Å². The van der Waals surface area contributed by atoms with E-state index in [-0.39, 0.29) is 23.9 Å². The van der Waals surface area contributed by atoms with Crippen LogP contribution in [0, 0.1) is 0 Å². The molecule has 7 nitrogen and oxygen atoms in total. The van der Waals surface area contributed by atoms with Gasteiger partial charge < -0.3 is 14.8 Å². The number of carbonyl (C=O) groups is 1. The Bertz CT molecular complexity index is 851. The third-order valence-electron chi connectivity index (χ3n) is 3.86. The van der Waals surface area contributed by atoms with Gasteiger partial charge >= 0.3 is 0 Å². The van der Waals surface area contributed by atoms with E-state index in [4.69, 9.17) is 9.47 Å². The number of nitrogens with zero attached hydrogens (tertiary/aromatic N) is 2. The zero-order chi connectivity index (χ0) is 16.5. The summed E-state index contributed by atoms with van der Waals surface area (Å²) in [6.07, 6.45) is 1.72. The van der Waals surface area contributed by atoms with Crippen LogP contribution in [-0.4, -0.2) is 34.4 Å². The van der Waals surface area contributed by atoms with E-state index in [1.165, 1.54) is 24.0 Å². The zero-order valence-corrected chi connectivity index (χ0v) is 13.5. The van der Waals surface area contributed by atoms with Crippen LogP contribution in [0.3, 0.4) is 0 Å². The first-order valence-corrected chi connectivity index (χ1v) is 8.59. The molecule has 3 heterocycles. The number of fused-ring (bicyclic) bond motifs is 2. The molecule has 0 bridgehead atoms.